The number of anilines is 2. The maximum Gasteiger partial charge on any atom is 0.247 e. The van der Waals surface area contributed by atoms with Crippen LogP contribution in [0.2, 0.25) is 0 Å². The summed E-state index contributed by atoms with van der Waals surface area (Å²) in [6, 6.07) is 28.2. The molecule has 0 bridgehead atoms. The second kappa shape index (κ2) is 20.5. The normalized spacial score (nSPS) is 15.1. The molecule has 0 N–H and O–H groups in total. The lowest BCUT2D eigenvalue weighted by Gasteiger charge is -2.34. The van der Waals surface area contributed by atoms with Crippen molar-refractivity contribution in [2.24, 2.45) is 0 Å². The third-order valence-corrected chi connectivity index (χ3v) is 16.7. The Morgan fingerprint density at radius 1 is 0.540 bits per heavy atom. The first-order valence-corrected chi connectivity index (χ1v) is 25.0. The number of thiazole rings is 2. The zero-order chi connectivity index (χ0) is 44.6. The molecule has 0 aliphatic carbocycles. The minimum Gasteiger partial charge on any atom is -0.497 e. The average Bonchev–Trinajstić information content (AvgIpc) is 4.00. The Kier molecular flexibility index (Phi) is 14.9. The Morgan fingerprint density at radius 2 is 0.984 bits per heavy atom. The first-order valence-electron chi connectivity index (χ1n) is 20.3. The van der Waals surface area contributed by atoms with Gasteiger partial charge in [0.1, 0.15) is 32.8 Å². The number of aryl methyl sites for hydroxylation is 1. The van der Waals surface area contributed by atoms with Crippen molar-refractivity contribution >= 4 is 53.0 Å². The Bertz CT molecular complexity index is 2680. The van der Waals surface area contributed by atoms with Crippen LogP contribution >= 0.6 is 22.7 Å². The summed E-state index contributed by atoms with van der Waals surface area (Å²) in [5.41, 5.74) is 5.82. The van der Waals surface area contributed by atoms with Gasteiger partial charge in [-0.15, -0.1) is 22.7 Å². The van der Waals surface area contributed by atoms with Crippen molar-refractivity contribution in [1.82, 2.24) is 18.6 Å². The maximum absolute atomic E-state index is 13.3. The van der Waals surface area contributed by atoms with Gasteiger partial charge in [-0.2, -0.15) is 8.61 Å². The summed E-state index contributed by atoms with van der Waals surface area (Å²) >= 11 is 3.21. The molecule has 2 aliphatic rings. The van der Waals surface area contributed by atoms with Crippen molar-refractivity contribution in [3.63, 3.8) is 0 Å². The molecule has 0 atom stereocenters. The fourth-order valence-corrected chi connectivity index (χ4v) is 12.3. The van der Waals surface area contributed by atoms with Gasteiger partial charge in [0.05, 0.1) is 39.8 Å². The molecular formula is C45H52N6O8S4. The highest BCUT2D eigenvalue weighted by atomic mass is 32.2. The number of piperazine rings is 2. The highest BCUT2D eigenvalue weighted by Gasteiger charge is 2.33. The standard InChI is InChI=1S/C23H27N3O4S2.C22H25N3O4S2/c1-17-6-4-5-7-18(17)14-19-16-31-23(24-19)25-10-12-26(13-11-25)32(27,28)22-15-20(29-2)8-9-21(22)30-3;1-28-19-8-9-20(29-2)21(15-19)31(26,27)25-12-10-24(11-13-25)22-23-18(16-30-22)14-17-6-4-3-5-7-17/h4-9,15-16H,10-14H2,1-3H3;3-9,15-16H,10-14H2,1-2H3. The Balaban J connectivity index is 0.000000189. The Hall–Kier alpha value is -5.24. The van der Waals surface area contributed by atoms with Gasteiger partial charge in [0.25, 0.3) is 0 Å². The highest BCUT2D eigenvalue weighted by Crippen LogP contribution is 2.34. The molecular weight excluding hydrogens is 881 g/mol. The van der Waals surface area contributed by atoms with E-state index in [0.717, 1.165) is 34.5 Å². The number of hydrogen-bond acceptors (Lipinski definition) is 14. The number of aromatic nitrogens is 2. The summed E-state index contributed by atoms with van der Waals surface area (Å²) in [4.78, 5) is 14.1. The predicted molar refractivity (Wildman–Crippen MR) is 248 cm³/mol. The van der Waals surface area contributed by atoms with E-state index in [2.05, 4.69) is 51.7 Å². The molecule has 2 saturated heterocycles. The number of methoxy groups -OCH3 is 4. The summed E-state index contributed by atoms with van der Waals surface area (Å²) in [5.74, 6) is 1.58. The first kappa shape index (κ1) is 45.8. The van der Waals surface area contributed by atoms with Gasteiger partial charge < -0.3 is 28.7 Å². The second-order valence-electron chi connectivity index (χ2n) is 14.8. The zero-order valence-electron chi connectivity index (χ0n) is 36.0. The largest absolute Gasteiger partial charge is 0.497 e. The summed E-state index contributed by atoms with van der Waals surface area (Å²) in [7, 11) is -1.43. The third-order valence-electron chi connectivity index (χ3n) is 10.9. The highest BCUT2D eigenvalue weighted by molar-refractivity contribution is 7.89. The van der Waals surface area contributed by atoms with Crippen LogP contribution in [0.1, 0.15) is 28.1 Å². The van der Waals surface area contributed by atoms with Crippen molar-refractivity contribution in [2.75, 3.05) is 90.6 Å². The van der Waals surface area contributed by atoms with Crippen molar-refractivity contribution in [3.8, 4) is 23.0 Å². The predicted octanol–water partition coefficient (Wildman–Crippen LogP) is 6.83. The van der Waals surface area contributed by atoms with Gasteiger partial charge in [0, 0.05) is 88.1 Å². The van der Waals surface area contributed by atoms with E-state index in [1.807, 2.05) is 30.3 Å². The lowest BCUT2D eigenvalue weighted by molar-refractivity contribution is 0.370. The number of nitrogens with zero attached hydrogens (tertiary/aromatic N) is 6. The van der Waals surface area contributed by atoms with E-state index in [-0.39, 0.29) is 9.79 Å². The van der Waals surface area contributed by atoms with E-state index in [9.17, 15) is 16.8 Å². The smallest absolute Gasteiger partial charge is 0.247 e. The summed E-state index contributed by atoms with van der Waals surface area (Å²) in [6.45, 7) is 6.00. The molecule has 4 aromatic carbocycles. The molecule has 0 amide bonds. The molecule has 0 radical (unpaired) electrons. The first-order chi connectivity index (χ1) is 30.4. The molecule has 2 aliphatic heterocycles. The quantitative estimate of drug-likeness (QED) is 0.113. The number of sulfonamides is 2. The molecule has 0 unspecified atom stereocenters. The Morgan fingerprint density at radius 3 is 1.43 bits per heavy atom. The molecule has 0 spiro atoms. The molecule has 2 fully saturated rings. The summed E-state index contributed by atoms with van der Waals surface area (Å²) < 4.78 is 77.0. The van der Waals surface area contributed by atoms with Gasteiger partial charge in [-0.05, 0) is 47.9 Å². The molecule has 2 aromatic heterocycles. The van der Waals surface area contributed by atoms with E-state index < -0.39 is 20.0 Å². The molecule has 0 saturated carbocycles. The number of hydrogen-bond donors (Lipinski definition) is 0. The minimum absolute atomic E-state index is 0.127. The SMILES string of the molecule is COc1ccc(OC)c(S(=O)(=O)N2CCN(c3nc(Cc4ccccc4)cs3)CC2)c1.COc1ccc(OC)c(S(=O)(=O)N2CCN(c3nc(Cc4ccccc4C)cs3)CC2)c1. The van der Waals surface area contributed by atoms with Gasteiger partial charge in [-0.1, -0.05) is 54.6 Å². The molecule has 63 heavy (non-hydrogen) atoms. The van der Waals surface area contributed by atoms with Crippen LogP contribution in [0.5, 0.6) is 23.0 Å². The monoisotopic (exact) mass is 932 g/mol. The molecule has 334 valence electrons. The Labute approximate surface area is 378 Å². The third kappa shape index (κ3) is 10.8. The van der Waals surface area contributed by atoms with Crippen LogP contribution in [0.4, 0.5) is 10.3 Å². The average molecular weight is 933 g/mol. The number of benzene rings is 4. The molecule has 6 aromatic rings. The second-order valence-corrected chi connectivity index (χ2v) is 20.3. The minimum atomic E-state index is -3.70. The van der Waals surface area contributed by atoms with Crippen molar-refractivity contribution in [2.45, 2.75) is 29.6 Å². The van der Waals surface area contributed by atoms with Gasteiger partial charge in [0.2, 0.25) is 20.0 Å². The zero-order valence-corrected chi connectivity index (χ0v) is 39.2. The van der Waals surface area contributed by atoms with Crippen LogP contribution in [0.15, 0.2) is 112 Å². The van der Waals surface area contributed by atoms with Crippen LogP contribution in [0, 0.1) is 6.92 Å². The van der Waals surface area contributed by atoms with Gasteiger partial charge >= 0.3 is 0 Å². The van der Waals surface area contributed by atoms with Gasteiger partial charge in [-0.25, -0.2) is 26.8 Å². The van der Waals surface area contributed by atoms with E-state index in [1.165, 1.54) is 65.9 Å². The molecule has 8 rings (SSSR count). The fraction of sp³-hybridized carbons (Fsp3) is 0.333. The summed E-state index contributed by atoms with van der Waals surface area (Å²) in [6.07, 6.45) is 1.59. The maximum atomic E-state index is 13.3. The summed E-state index contributed by atoms with van der Waals surface area (Å²) in [5, 5.41) is 6.03. The van der Waals surface area contributed by atoms with Gasteiger partial charge in [0.15, 0.2) is 10.3 Å². The number of ether oxygens (including phenoxy) is 4. The molecule has 14 nitrogen and oxygen atoms in total. The van der Waals surface area contributed by atoms with Crippen molar-refractivity contribution in [3.05, 3.63) is 130 Å². The molecule has 4 heterocycles. The molecule has 18 heteroatoms. The van der Waals surface area contributed by atoms with Crippen LogP contribution in [-0.2, 0) is 32.9 Å². The van der Waals surface area contributed by atoms with Gasteiger partial charge in [-0.3, -0.25) is 0 Å². The lowest BCUT2D eigenvalue weighted by Crippen LogP contribution is -2.48. The van der Waals surface area contributed by atoms with Crippen molar-refractivity contribution < 1.29 is 35.8 Å². The van der Waals surface area contributed by atoms with Crippen LogP contribution in [-0.4, -0.2) is 116 Å². The van der Waals surface area contributed by atoms with E-state index >= 15 is 0 Å². The van der Waals surface area contributed by atoms with E-state index in [0.29, 0.717) is 75.4 Å². The lowest BCUT2D eigenvalue weighted by atomic mass is 10.1. The fourth-order valence-electron chi connectivity index (χ4n) is 7.34. The topological polar surface area (TPSA) is 144 Å². The van der Waals surface area contributed by atoms with Crippen LogP contribution in [0.3, 0.4) is 0 Å². The van der Waals surface area contributed by atoms with Crippen molar-refractivity contribution in [1.29, 1.82) is 0 Å². The van der Waals surface area contributed by atoms with Crippen LogP contribution in [0.25, 0.3) is 0 Å². The van der Waals surface area contributed by atoms with E-state index in [1.54, 1.807) is 46.9 Å². The van der Waals surface area contributed by atoms with E-state index in [4.69, 9.17) is 28.9 Å². The number of rotatable bonds is 14. The van der Waals surface area contributed by atoms with Crippen LogP contribution < -0.4 is 28.7 Å².